The summed E-state index contributed by atoms with van der Waals surface area (Å²) in [6.07, 6.45) is 5.71. The van der Waals surface area contributed by atoms with Crippen LogP contribution < -0.4 is 11.2 Å². The summed E-state index contributed by atoms with van der Waals surface area (Å²) in [5, 5.41) is 11.3. The Morgan fingerprint density at radius 3 is 2.48 bits per heavy atom. The largest absolute Gasteiger partial charge is 0.379 e. The van der Waals surface area contributed by atoms with Gasteiger partial charge in [0.25, 0.3) is 0 Å². The van der Waals surface area contributed by atoms with Crippen LogP contribution in [0.2, 0.25) is 0 Å². The molecule has 1 atom stereocenters. The topological polar surface area (TPSA) is 132 Å². The number of aromatic nitrogens is 3. The summed E-state index contributed by atoms with van der Waals surface area (Å²) < 4.78 is 33.6. The molecule has 2 heterocycles. The molecule has 2 aliphatic rings. The highest BCUT2D eigenvalue weighted by molar-refractivity contribution is 8.00. The Morgan fingerprint density at radius 1 is 1.15 bits per heavy atom. The third-order valence-corrected chi connectivity index (χ3v) is 9.01. The molecular formula is C21H30N6O4S2. The first kappa shape index (κ1) is 24.0. The second-order valence-electron chi connectivity index (χ2n) is 8.34. The van der Waals surface area contributed by atoms with E-state index in [-0.39, 0.29) is 10.8 Å². The van der Waals surface area contributed by atoms with Crippen LogP contribution >= 0.6 is 11.8 Å². The highest BCUT2D eigenvalue weighted by Gasteiger charge is 2.27. The van der Waals surface area contributed by atoms with Crippen molar-refractivity contribution in [3.05, 3.63) is 30.1 Å². The molecule has 10 nitrogen and oxygen atoms in total. The number of ether oxygens (including phenoxy) is 1. The van der Waals surface area contributed by atoms with Crippen molar-refractivity contribution in [2.75, 3.05) is 37.5 Å². The van der Waals surface area contributed by atoms with Gasteiger partial charge in [0.1, 0.15) is 0 Å². The van der Waals surface area contributed by atoms with E-state index >= 15 is 0 Å². The number of carbonyl (C=O) groups is 1. The molecule has 1 saturated heterocycles. The zero-order chi connectivity index (χ0) is 23.4. The second kappa shape index (κ2) is 10.4. The van der Waals surface area contributed by atoms with Gasteiger partial charge in [0, 0.05) is 24.7 Å². The van der Waals surface area contributed by atoms with Crippen molar-refractivity contribution < 1.29 is 17.9 Å². The van der Waals surface area contributed by atoms with Gasteiger partial charge in [-0.15, -0.1) is 10.2 Å². The number of nitrogens with one attached hydrogen (secondary N) is 1. The normalized spacial score (nSPS) is 19.3. The molecule has 0 radical (unpaired) electrons. The number of nitrogen functional groups attached to an aromatic ring is 1. The lowest BCUT2D eigenvalue weighted by molar-refractivity contribution is -0.115. The molecule has 3 N–H and O–H groups in total. The molecule has 1 amide bonds. The van der Waals surface area contributed by atoms with Crippen LogP contribution in [0.15, 0.2) is 34.3 Å². The number of benzene rings is 1. The van der Waals surface area contributed by atoms with Crippen molar-refractivity contribution in [2.24, 2.45) is 0 Å². The van der Waals surface area contributed by atoms with Gasteiger partial charge < -0.3 is 15.9 Å². The Hall–Kier alpha value is -2.15. The maximum Gasteiger partial charge on any atom is 0.243 e. The van der Waals surface area contributed by atoms with E-state index in [1.165, 1.54) is 52.1 Å². The van der Waals surface area contributed by atoms with Gasteiger partial charge in [0.2, 0.25) is 21.1 Å². The van der Waals surface area contributed by atoms with Crippen molar-refractivity contribution in [1.82, 2.24) is 19.2 Å². The maximum absolute atomic E-state index is 12.7. The van der Waals surface area contributed by atoms with Crippen molar-refractivity contribution >= 4 is 33.4 Å². The van der Waals surface area contributed by atoms with Crippen LogP contribution in [0.3, 0.4) is 0 Å². The first-order chi connectivity index (χ1) is 15.9. The zero-order valence-corrected chi connectivity index (χ0v) is 20.3. The third-order valence-electron chi connectivity index (χ3n) is 6.04. The summed E-state index contributed by atoms with van der Waals surface area (Å²) >= 11 is 1.25. The predicted octanol–water partition coefficient (Wildman–Crippen LogP) is 2.18. The van der Waals surface area contributed by atoms with Gasteiger partial charge in [0.15, 0.2) is 5.82 Å². The Morgan fingerprint density at radius 2 is 1.82 bits per heavy atom. The smallest absolute Gasteiger partial charge is 0.243 e. The first-order valence-corrected chi connectivity index (χ1v) is 13.5. The van der Waals surface area contributed by atoms with E-state index in [1.54, 1.807) is 19.1 Å². The maximum atomic E-state index is 12.7. The number of carbonyl (C=O) groups excluding carboxylic acids is 1. The second-order valence-corrected chi connectivity index (χ2v) is 11.6. The fourth-order valence-corrected chi connectivity index (χ4v) is 6.29. The minimum atomic E-state index is -3.57. The van der Waals surface area contributed by atoms with Crippen LogP contribution in [-0.2, 0) is 19.6 Å². The molecule has 2 fully saturated rings. The van der Waals surface area contributed by atoms with Crippen molar-refractivity contribution in [3.8, 4) is 0 Å². The molecule has 0 unspecified atom stereocenters. The molecule has 1 aromatic carbocycles. The quantitative estimate of drug-likeness (QED) is 0.442. The number of rotatable bonds is 7. The van der Waals surface area contributed by atoms with Crippen LogP contribution in [0.5, 0.6) is 0 Å². The number of nitrogens with zero attached hydrogens (tertiary/aromatic N) is 4. The molecule has 0 bridgehead atoms. The third kappa shape index (κ3) is 5.51. The molecule has 1 saturated carbocycles. The summed E-state index contributed by atoms with van der Waals surface area (Å²) in [4.78, 5) is 12.9. The van der Waals surface area contributed by atoms with E-state index in [1.807, 2.05) is 0 Å². The van der Waals surface area contributed by atoms with Crippen molar-refractivity contribution in [1.29, 1.82) is 0 Å². The van der Waals surface area contributed by atoms with Gasteiger partial charge in [-0.3, -0.25) is 4.79 Å². The lowest BCUT2D eigenvalue weighted by Crippen LogP contribution is -2.40. The highest BCUT2D eigenvalue weighted by atomic mass is 32.2. The van der Waals surface area contributed by atoms with Gasteiger partial charge in [0.05, 0.1) is 23.4 Å². The molecule has 1 aliphatic carbocycles. The van der Waals surface area contributed by atoms with Crippen LogP contribution in [0.4, 0.5) is 5.69 Å². The number of amides is 1. The van der Waals surface area contributed by atoms with E-state index in [0.717, 1.165) is 18.7 Å². The van der Waals surface area contributed by atoms with Crippen LogP contribution in [0.1, 0.15) is 50.8 Å². The van der Waals surface area contributed by atoms with Gasteiger partial charge in [-0.2, -0.15) is 4.31 Å². The molecule has 33 heavy (non-hydrogen) atoms. The monoisotopic (exact) mass is 494 g/mol. The number of morpholine rings is 1. The number of anilines is 1. The van der Waals surface area contributed by atoms with Gasteiger partial charge in [-0.25, -0.2) is 13.1 Å². The average Bonchev–Trinajstić information content (AvgIpc) is 3.20. The fourth-order valence-electron chi connectivity index (χ4n) is 4.11. The fraction of sp³-hybridized carbons (Fsp3) is 0.571. The number of hydrogen-bond donors (Lipinski definition) is 2. The van der Waals surface area contributed by atoms with Gasteiger partial charge in [-0.05, 0) is 44.0 Å². The minimum absolute atomic E-state index is 0.191. The molecule has 180 valence electrons. The number of nitrogens with two attached hydrogens (primary N) is 1. The van der Waals surface area contributed by atoms with E-state index in [0.29, 0.717) is 43.1 Å². The van der Waals surface area contributed by atoms with E-state index < -0.39 is 15.3 Å². The number of hydrogen-bond acceptors (Lipinski definition) is 8. The Balaban J connectivity index is 1.36. The van der Waals surface area contributed by atoms with Crippen LogP contribution in [-0.4, -0.2) is 65.1 Å². The summed E-state index contributed by atoms with van der Waals surface area (Å²) in [6, 6.07) is 6.20. The van der Waals surface area contributed by atoms with Crippen molar-refractivity contribution in [3.63, 3.8) is 0 Å². The SMILES string of the molecule is C[C@@H](Sc1nnc(C2CCCCC2)n1N)C(=O)Nc1ccc(S(=O)(=O)N2CCOCC2)cc1. The standard InChI is InChI=1S/C21H30N6O4S2/c1-15(32-21-25-24-19(27(21)22)16-5-3-2-4-6-16)20(28)23-17-7-9-18(10-8-17)33(29,30)26-11-13-31-14-12-26/h7-10,15-16H,2-6,11-14,22H2,1H3,(H,23,28)/t15-/m1/s1. The number of thioether (sulfide) groups is 1. The lowest BCUT2D eigenvalue weighted by Gasteiger charge is -2.26. The van der Waals surface area contributed by atoms with Crippen LogP contribution in [0, 0.1) is 0 Å². The lowest BCUT2D eigenvalue weighted by atomic mass is 9.89. The highest BCUT2D eigenvalue weighted by Crippen LogP contribution is 2.33. The Bertz CT molecular complexity index is 1060. The van der Waals surface area contributed by atoms with Gasteiger partial charge in [-0.1, -0.05) is 31.0 Å². The molecule has 4 rings (SSSR count). The summed E-state index contributed by atoms with van der Waals surface area (Å²) in [7, 11) is -3.57. The van der Waals surface area contributed by atoms with E-state index in [2.05, 4.69) is 15.5 Å². The zero-order valence-electron chi connectivity index (χ0n) is 18.6. The number of sulfonamides is 1. The molecule has 1 aliphatic heterocycles. The molecular weight excluding hydrogens is 464 g/mol. The summed E-state index contributed by atoms with van der Waals surface area (Å²) in [5.74, 6) is 7.09. The predicted molar refractivity (Wildman–Crippen MR) is 126 cm³/mol. The van der Waals surface area contributed by atoms with E-state index in [4.69, 9.17) is 10.6 Å². The first-order valence-electron chi connectivity index (χ1n) is 11.2. The van der Waals surface area contributed by atoms with E-state index in [9.17, 15) is 13.2 Å². The molecule has 0 spiro atoms. The molecule has 12 heteroatoms. The van der Waals surface area contributed by atoms with Crippen LogP contribution in [0.25, 0.3) is 0 Å². The Kier molecular flexibility index (Phi) is 7.57. The van der Waals surface area contributed by atoms with Gasteiger partial charge >= 0.3 is 0 Å². The summed E-state index contributed by atoms with van der Waals surface area (Å²) in [5.41, 5.74) is 0.519. The average molecular weight is 495 g/mol. The minimum Gasteiger partial charge on any atom is -0.379 e. The Labute approximate surface area is 198 Å². The molecule has 2 aromatic rings. The molecule has 1 aromatic heterocycles. The van der Waals surface area contributed by atoms with Crippen molar-refractivity contribution in [2.45, 2.75) is 60.2 Å². The summed E-state index contributed by atoms with van der Waals surface area (Å²) in [6.45, 7) is 3.23.